The fourth-order valence-corrected chi connectivity index (χ4v) is 2.73. The molecule has 3 unspecified atom stereocenters. The molecule has 1 saturated carbocycles. The van der Waals surface area contributed by atoms with Gasteiger partial charge in [0.25, 0.3) is 0 Å². The molecule has 0 aromatic rings. The minimum atomic E-state index is -0.775. The van der Waals surface area contributed by atoms with Crippen LogP contribution in [0.2, 0.25) is 0 Å². The molecule has 3 heteroatoms. The SMILES string of the molecule is CC1CC(C)CC(C(N)CC(=O)O)C1. The van der Waals surface area contributed by atoms with Gasteiger partial charge in [-0.1, -0.05) is 13.8 Å². The quantitative estimate of drug-likeness (QED) is 0.729. The van der Waals surface area contributed by atoms with Crippen LogP contribution >= 0.6 is 0 Å². The van der Waals surface area contributed by atoms with Crippen molar-refractivity contribution in [3.05, 3.63) is 0 Å². The second-order valence-corrected chi connectivity index (χ2v) is 4.94. The molecule has 3 atom stereocenters. The second kappa shape index (κ2) is 4.78. The van der Waals surface area contributed by atoms with E-state index in [1.165, 1.54) is 6.42 Å². The highest BCUT2D eigenvalue weighted by Gasteiger charge is 2.28. The Balaban J connectivity index is 2.46. The van der Waals surface area contributed by atoms with Crippen molar-refractivity contribution in [3.8, 4) is 0 Å². The molecule has 0 aromatic carbocycles. The Bertz CT molecular complexity index is 195. The highest BCUT2D eigenvalue weighted by molar-refractivity contribution is 5.67. The van der Waals surface area contributed by atoms with Gasteiger partial charge in [-0.3, -0.25) is 4.79 Å². The maximum absolute atomic E-state index is 10.5. The van der Waals surface area contributed by atoms with Crippen molar-refractivity contribution in [2.45, 2.75) is 45.6 Å². The van der Waals surface area contributed by atoms with E-state index in [1.54, 1.807) is 0 Å². The number of carboxylic acid groups (broad SMARTS) is 1. The van der Waals surface area contributed by atoms with Crippen LogP contribution in [0, 0.1) is 17.8 Å². The Labute approximate surface area is 85.7 Å². The van der Waals surface area contributed by atoms with Crippen molar-refractivity contribution in [1.82, 2.24) is 0 Å². The van der Waals surface area contributed by atoms with E-state index in [-0.39, 0.29) is 12.5 Å². The first kappa shape index (κ1) is 11.5. The first-order valence-corrected chi connectivity index (χ1v) is 5.46. The van der Waals surface area contributed by atoms with Gasteiger partial charge < -0.3 is 10.8 Å². The monoisotopic (exact) mass is 199 g/mol. The summed E-state index contributed by atoms with van der Waals surface area (Å²) in [6, 6.07) is -0.155. The van der Waals surface area contributed by atoms with Crippen LogP contribution in [-0.2, 0) is 4.79 Å². The molecule has 0 aliphatic heterocycles. The summed E-state index contributed by atoms with van der Waals surface area (Å²) in [7, 11) is 0. The molecule has 1 fully saturated rings. The topological polar surface area (TPSA) is 63.3 Å². The third kappa shape index (κ3) is 3.29. The largest absolute Gasteiger partial charge is 0.481 e. The van der Waals surface area contributed by atoms with E-state index >= 15 is 0 Å². The summed E-state index contributed by atoms with van der Waals surface area (Å²) in [6.07, 6.45) is 3.57. The Morgan fingerprint density at radius 3 is 2.29 bits per heavy atom. The molecule has 1 rings (SSSR count). The van der Waals surface area contributed by atoms with Crippen molar-refractivity contribution in [2.75, 3.05) is 0 Å². The Kier molecular flexibility index (Phi) is 3.93. The van der Waals surface area contributed by atoms with Crippen molar-refractivity contribution < 1.29 is 9.90 Å². The minimum Gasteiger partial charge on any atom is -0.481 e. The molecule has 0 radical (unpaired) electrons. The van der Waals surface area contributed by atoms with Gasteiger partial charge in [-0.25, -0.2) is 0 Å². The number of rotatable bonds is 3. The summed E-state index contributed by atoms with van der Waals surface area (Å²) >= 11 is 0. The predicted molar refractivity (Wildman–Crippen MR) is 55.9 cm³/mol. The van der Waals surface area contributed by atoms with Gasteiger partial charge in [-0.2, -0.15) is 0 Å². The smallest absolute Gasteiger partial charge is 0.304 e. The van der Waals surface area contributed by atoms with E-state index in [1.807, 2.05) is 0 Å². The Hall–Kier alpha value is -0.570. The van der Waals surface area contributed by atoms with E-state index in [4.69, 9.17) is 10.8 Å². The molecular formula is C11H21NO2. The van der Waals surface area contributed by atoms with Crippen LogP contribution in [0.15, 0.2) is 0 Å². The van der Waals surface area contributed by atoms with Crippen LogP contribution in [0.1, 0.15) is 39.5 Å². The van der Waals surface area contributed by atoms with E-state index in [0.29, 0.717) is 17.8 Å². The summed E-state index contributed by atoms with van der Waals surface area (Å²) in [6.45, 7) is 4.46. The number of carbonyl (C=O) groups is 1. The normalized spacial score (nSPS) is 35.2. The molecule has 0 amide bonds. The van der Waals surface area contributed by atoms with Crippen molar-refractivity contribution in [1.29, 1.82) is 0 Å². The maximum Gasteiger partial charge on any atom is 0.304 e. The fraction of sp³-hybridized carbons (Fsp3) is 0.909. The van der Waals surface area contributed by atoms with Crippen molar-refractivity contribution >= 4 is 5.97 Å². The first-order chi connectivity index (χ1) is 6.49. The van der Waals surface area contributed by atoms with Crippen LogP contribution in [0.5, 0.6) is 0 Å². The highest BCUT2D eigenvalue weighted by atomic mass is 16.4. The van der Waals surface area contributed by atoms with E-state index in [2.05, 4.69) is 13.8 Å². The zero-order valence-electron chi connectivity index (χ0n) is 9.07. The summed E-state index contributed by atoms with van der Waals surface area (Å²) in [5.41, 5.74) is 5.89. The molecule has 14 heavy (non-hydrogen) atoms. The zero-order chi connectivity index (χ0) is 10.7. The van der Waals surface area contributed by atoms with Crippen LogP contribution < -0.4 is 5.73 Å². The molecule has 1 aliphatic rings. The lowest BCUT2D eigenvalue weighted by atomic mass is 9.73. The molecule has 0 spiro atoms. The number of hydrogen-bond donors (Lipinski definition) is 2. The van der Waals surface area contributed by atoms with E-state index in [9.17, 15) is 4.79 Å². The van der Waals surface area contributed by atoms with Gasteiger partial charge >= 0.3 is 5.97 Å². The molecule has 0 bridgehead atoms. The third-order valence-corrected chi connectivity index (χ3v) is 3.23. The molecule has 0 aromatic heterocycles. The molecule has 82 valence electrons. The molecule has 0 saturated heterocycles. The second-order valence-electron chi connectivity index (χ2n) is 4.94. The zero-order valence-corrected chi connectivity index (χ0v) is 9.07. The lowest BCUT2D eigenvalue weighted by Gasteiger charge is -2.34. The third-order valence-electron chi connectivity index (χ3n) is 3.23. The van der Waals surface area contributed by atoms with Gasteiger partial charge in [0.1, 0.15) is 0 Å². The number of carboxylic acids is 1. The van der Waals surface area contributed by atoms with Crippen LogP contribution in [0.3, 0.4) is 0 Å². The summed E-state index contributed by atoms with van der Waals surface area (Å²) < 4.78 is 0. The lowest BCUT2D eigenvalue weighted by molar-refractivity contribution is -0.137. The van der Waals surface area contributed by atoms with Gasteiger partial charge in [0.05, 0.1) is 6.42 Å². The van der Waals surface area contributed by atoms with Gasteiger partial charge in [0.15, 0.2) is 0 Å². The summed E-state index contributed by atoms with van der Waals surface area (Å²) in [5, 5.41) is 8.67. The van der Waals surface area contributed by atoms with Gasteiger partial charge in [0, 0.05) is 6.04 Å². The van der Waals surface area contributed by atoms with Gasteiger partial charge in [-0.05, 0) is 37.0 Å². The van der Waals surface area contributed by atoms with Gasteiger partial charge in [-0.15, -0.1) is 0 Å². The first-order valence-electron chi connectivity index (χ1n) is 5.46. The van der Waals surface area contributed by atoms with Gasteiger partial charge in [0.2, 0.25) is 0 Å². The summed E-state index contributed by atoms with van der Waals surface area (Å²) in [4.78, 5) is 10.5. The number of aliphatic carboxylic acids is 1. The molecule has 3 N–H and O–H groups in total. The van der Waals surface area contributed by atoms with Crippen LogP contribution in [0.4, 0.5) is 0 Å². The lowest BCUT2D eigenvalue weighted by Crippen LogP contribution is -2.37. The van der Waals surface area contributed by atoms with Crippen molar-refractivity contribution in [3.63, 3.8) is 0 Å². The minimum absolute atomic E-state index is 0.115. The maximum atomic E-state index is 10.5. The van der Waals surface area contributed by atoms with E-state index in [0.717, 1.165) is 12.8 Å². The Morgan fingerprint density at radius 2 is 1.86 bits per heavy atom. The molecule has 3 nitrogen and oxygen atoms in total. The fourth-order valence-electron chi connectivity index (χ4n) is 2.73. The number of hydrogen-bond acceptors (Lipinski definition) is 2. The Morgan fingerprint density at radius 1 is 1.36 bits per heavy atom. The number of nitrogens with two attached hydrogens (primary N) is 1. The van der Waals surface area contributed by atoms with Crippen LogP contribution in [0.25, 0.3) is 0 Å². The van der Waals surface area contributed by atoms with E-state index < -0.39 is 5.97 Å². The van der Waals surface area contributed by atoms with Crippen LogP contribution in [-0.4, -0.2) is 17.1 Å². The predicted octanol–water partition coefficient (Wildman–Crippen LogP) is 1.86. The highest BCUT2D eigenvalue weighted by Crippen LogP contribution is 2.34. The average molecular weight is 199 g/mol. The molecule has 1 aliphatic carbocycles. The van der Waals surface area contributed by atoms with Crippen molar-refractivity contribution in [2.24, 2.45) is 23.5 Å². The molecule has 0 heterocycles. The molecular weight excluding hydrogens is 178 g/mol. The average Bonchev–Trinajstić information content (AvgIpc) is 2.00. The standard InChI is InChI=1S/C11H21NO2/c1-7-3-8(2)5-9(4-7)10(12)6-11(13)14/h7-10H,3-6,12H2,1-2H3,(H,13,14). The summed E-state index contributed by atoms with van der Waals surface area (Å²) in [5.74, 6) is 1.03.